The Morgan fingerprint density at radius 3 is 2.42 bits per heavy atom. The first-order chi connectivity index (χ1) is 11.1. The first-order valence-corrected chi connectivity index (χ1v) is 9.83. The lowest BCUT2D eigenvalue weighted by Gasteiger charge is -2.09. The van der Waals surface area contributed by atoms with Crippen LogP contribution in [0, 0.1) is 5.82 Å². The number of nitrogens with one attached hydrogen (secondary N) is 1. The van der Waals surface area contributed by atoms with Gasteiger partial charge in [0.25, 0.3) is 10.0 Å². The lowest BCUT2D eigenvalue weighted by atomic mass is 10.2. The summed E-state index contributed by atoms with van der Waals surface area (Å²) >= 11 is 5.80. The molecule has 2 aromatic rings. The number of nitrogens with two attached hydrogens (primary N) is 1. The maximum atomic E-state index is 13.2. The summed E-state index contributed by atoms with van der Waals surface area (Å²) < 4.78 is 62.3. The Kier molecular flexibility index (Phi) is 5.29. The average Bonchev–Trinajstić information content (AvgIpc) is 2.46. The van der Waals surface area contributed by atoms with Gasteiger partial charge in [0.1, 0.15) is 10.7 Å². The van der Waals surface area contributed by atoms with Gasteiger partial charge in [-0.25, -0.2) is 26.4 Å². The smallest absolute Gasteiger partial charge is 0.255 e. The highest BCUT2D eigenvalue weighted by molar-refractivity contribution is 7.95. The summed E-state index contributed by atoms with van der Waals surface area (Å²) in [5.74, 6) is -0.864. The van der Waals surface area contributed by atoms with Crippen molar-refractivity contribution in [2.75, 3.05) is 4.72 Å². The topological polar surface area (TPSA) is 106 Å². The van der Waals surface area contributed by atoms with Gasteiger partial charge in [0, 0.05) is 5.02 Å². The van der Waals surface area contributed by atoms with E-state index in [1.54, 1.807) is 24.3 Å². The zero-order chi connectivity index (χ0) is 18.0. The van der Waals surface area contributed by atoms with E-state index < -0.39 is 30.8 Å². The second-order valence-electron chi connectivity index (χ2n) is 4.69. The van der Waals surface area contributed by atoms with Crippen molar-refractivity contribution in [3.63, 3.8) is 0 Å². The molecule has 0 aliphatic heterocycles. The third-order valence-electron chi connectivity index (χ3n) is 2.79. The molecule has 0 radical (unpaired) electrons. The molecule has 0 aliphatic carbocycles. The van der Waals surface area contributed by atoms with Crippen molar-refractivity contribution in [1.29, 1.82) is 0 Å². The van der Waals surface area contributed by atoms with Crippen LogP contribution in [-0.4, -0.2) is 16.8 Å². The minimum absolute atomic E-state index is 0.352. The van der Waals surface area contributed by atoms with Gasteiger partial charge in [0.15, 0.2) is 0 Å². The van der Waals surface area contributed by atoms with Crippen molar-refractivity contribution in [2.45, 2.75) is 4.90 Å². The number of hydrogen-bond donors (Lipinski definition) is 2. The standard InChI is InChI=1S/C14H12ClFN2O4S2/c15-11-3-1-2-10(8-11)6-7-23(19,20)18-13-5-4-12(16)9-14(13)24(17,21)22/h1-9,18H,(H2,17,21,22). The maximum absolute atomic E-state index is 13.2. The molecule has 0 aliphatic rings. The summed E-state index contributed by atoms with van der Waals surface area (Å²) in [5, 5.41) is 6.22. The van der Waals surface area contributed by atoms with E-state index in [0.717, 1.165) is 17.5 Å². The van der Waals surface area contributed by atoms with Crippen molar-refractivity contribution >= 4 is 43.4 Å². The largest absolute Gasteiger partial charge is 0.279 e. The van der Waals surface area contributed by atoms with Crippen LogP contribution in [-0.2, 0) is 20.0 Å². The normalized spacial score (nSPS) is 12.5. The van der Waals surface area contributed by atoms with E-state index in [4.69, 9.17) is 16.7 Å². The van der Waals surface area contributed by atoms with E-state index in [0.29, 0.717) is 16.7 Å². The number of hydrogen-bond acceptors (Lipinski definition) is 4. The maximum Gasteiger partial charge on any atom is 0.255 e. The number of anilines is 1. The van der Waals surface area contributed by atoms with E-state index in [2.05, 4.69) is 0 Å². The molecule has 6 nitrogen and oxygen atoms in total. The minimum atomic E-state index is -4.31. The number of primary sulfonamides is 1. The Bertz CT molecular complexity index is 1010. The average molecular weight is 391 g/mol. The fourth-order valence-corrected chi connectivity index (χ4v) is 3.64. The number of halogens is 2. The molecule has 0 bridgehead atoms. The molecule has 0 amide bonds. The summed E-state index contributed by atoms with van der Waals surface area (Å²) in [6, 6.07) is 8.96. The van der Waals surface area contributed by atoms with Gasteiger partial charge in [-0.05, 0) is 42.0 Å². The molecule has 0 spiro atoms. The van der Waals surface area contributed by atoms with Crippen LogP contribution in [0.3, 0.4) is 0 Å². The van der Waals surface area contributed by atoms with E-state index in [-0.39, 0.29) is 5.69 Å². The summed E-state index contributed by atoms with van der Waals surface area (Å²) in [5.41, 5.74) is 0.174. The van der Waals surface area contributed by atoms with Crippen LogP contribution in [0.2, 0.25) is 5.02 Å². The van der Waals surface area contributed by atoms with Crippen molar-refractivity contribution in [3.8, 4) is 0 Å². The van der Waals surface area contributed by atoms with Crippen LogP contribution in [0.1, 0.15) is 5.56 Å². The fourth-order valence-electron chi connectivity index (χ4n) is 1.78. The first-order valence-electron chi connectivity index (χ1n) is 6.36. The Labute approximate surface area is 143 Å². The van der Waals surface area contributed by atoms with Crippen LogP contribution >= 0.6 is 11.6 Å². The number of benzene rings is 2. The number of sulfonamides is 2. The van der Waals surface area contributed by atoms with Gasteiger partial charge < -0.3 is 0 Å². The van der Waals surface area contributed by atoms with Gasteiger partial charge in [0.2, 0.25) is 10.0 Å². The van der Waals surface area contributed by atoms with Gasteiger partial charge in [0.05, 0.1) is 11.1 Å². The number of rotatable bonds is 5. The zero-order valence-electron chi connectivity index (χ0n) is 12.0. The summed E-state index contributed by atoms with van der Waals surface area (Å²) in [4.78, 5) is -0.665. The third-order valence-corrected chi connectivity index (χ3v) is 4.98. The summed E-state index contributed by atoms with van der Waals surface area (Å²) in [7, 11) is -8.37. The SMILES string of the molecule is NS(=O)(=O)c1cc(F)ccc1NS(=O)(=O)C=Cc1cccc(Cl)c1. The van der Waals surface area contributed by atoms with Crippen LogP contribution < -0.4 is 9.86 Å². The highest BCUT2D eigenvalue weighted by Crippen LogP contribution is 2.23. The van der Waals surface area contributed by atoms with E-state index >= 15 is 0 Å². The molecule has 10 heteroatoms. The lowest BCUT2D eigenvalue weighted by Crippen LogP contribution is -2.17. The molecule has 0 atom stereocenters. The molecule has 3 N–H and O–H groups in total. The quantitative estimate of drug-likeness (QED) is 0.818. The lowest BCUT2D eigenvalue weighted by molar-refractivity contribution is 0.593. The van der Waals surface area contributed by atoms with Gasteiger partial charge in [-0.2, -0.15) is 0 Å². The Morgan fingerprint density at radius 1 is 1.08 bits per heavy atom. The molecule has 128 valence electrons. The van der Waals surface area contributed by atoms with Crippen molar-refractivity contribution < 1.29 is 21.2 Å². The molecule has 2 aromatic carbocycles. The summed E-state index contributed by atoms with van der Waals surface area (Å²) in [6.07, 6.45) is 1.27. The summed E-state index contributed by atoms with van der Waals surface area (Å²) in [6.45, 7) is 0. The second-order valence-corrected chi connectivity index (χ2v) is 8.22. The van der Waals surface area contributed by atoms with E-state index in [9.17, 15) is 21.2 Å². The predicted octanol–water partition coefficient (Wildman–Crippen LogP) is 2.54. The molecule has 24 heavy (non-hydrogen) atoms. The van der Waals surface area contributed by atoms with Crippen LogP contribution in [0.25, 0.3) is 6.08 Å². The Hall–Kier alpha value is -1.94. The molecular weight excluding hydrogens is 379 g/mol. The predicted molar refractivity (Wildman–Crippen MR) is 90.8 cm³/mol. The monoisotopic (exact) mass is 390 g/mol. The Morgan fingerprint density at radius 2 is 1.79 bits per heavy atom. The van der Waals surface area contributed by atoms with Gasteiger partial charge in [-0.1, -0.05) is 23.7 Å². The molecule has 2 rings (SSSR count). The van der Waals surface area contributed by atoms with Gasteiger partial charge in [-0.15, -0.1) is 0 Å². The highest BCUT2D eigenvalue weighted by Gasteiger charge is 2.18. The molecular formula is C14H12ClFN2O4S2. The van der Waals surface area contributed by atoms with Crippen molar-refractivity contribution in [2.24, 2.45) is 5.14 Å². The van der Waals surface area contributed by atoms with E-state index in [1.165, 1.54) is 6.08 Å². The molecule has 0 saturated heterocycles. The van der Waals surface area contributed by atoms with E-state index in [1.807, 2.05) is 4.72 Å². The molecule has 0 unspecified atom stereocenters. The third kappa shape index (κ3) is 5.03. The highest BCUT2D eigenvalue weighted by atomic mass is 35.5. The molecule has 0 saturated carbocycles. The Balaban J connectivity index is 2.33. The van der Waals surface area contributed by atoms with Gasteiger partial charge in [-0.3, -0.25) is 4.72 Å². The van der Waals surface area contributed by atoms with Crippen molar-refractivity contribution in [3.05, 3.63) is 64.3 Å². The zero-order valence-corrected chi connectivity index (χ0v) is 14.4. The minimum Gasteiger partial charge on any atom is -0.279 e. The van der Waals surface area contributed by atoms with Crippen LogP contribution in [0.15, 0.2) is 52.8 Å². The molecule has 0 aromatic heterocycles. The fraction of sp³-hybridized carbons (Fsp3) is 0. The second kappa shape index (κ2) is 6.89. The molecule has 0 fully saturated rings. The van der Waals surface area contributed by atoms with Crippen molar-refractivity contribution in [1.82, 2.24) is 0 Å². The van der Waals surface area contributed by atoms with Crippen LogP contribution in [0.4, 0.5) is 10.1 Å². The molecule has 0 heterocycles. The van der Waals surface area contributed by atoms with Gasteiger partial charge >= 0.3 is 0 Å². The first kappa shape index (κ1) is 18.4. The van der Waals surface area contributed by atoms with Crippen LogP contribution in [0.5, 0.6) is 0 Å².